The number of amidine groups is 1. The van der Waals surface area contributed by atoms with Gasteiger partial charge in [-0.2, -0.15) is 0 Å². The van der Waals surface area contributed by atoms with Gasteiger partial charge in [-0.05, 0) is 80.6 Å². The van der Waals surface area contributed by atoms with Crippen LogP contribution in [-0.4, -0.2) is 37.8 Å². The van der Waals surface area contributed by atoms with E-state index in [1.165, 1.54) is 23.9 Å². The highest BCUT2D eigenvalue weighted by atomic mass is 32.2. The van der Waals surface area contributed by atoms with Gasteiger partial charge in [0, 0.05) is 17.1 Å². The third-order valence-corrected chi connectivity index (χ3v) is 6.25. The van der Waals surface area contributed by atoms with Crippen LogP contribution in [0.1, 0.15) is 43.2 Å². The first-order chi connectivity index (χ1) is 16.1. The van der Waals surface area contributed by atoms with E-state index in [1.54, 1.807) is 10.6 Å². The van der Waals surface area contributed by atoms with Crippen LogP contribution in [0.2, 0.25) is 0 Å². The predicted molar refractivity (Wildman–Crippen MR) is 131 cm³/mol. The smallest absolute Gasteiger partial charge is 0.335 e. The first-order valence-corrected chi connectivity index (χ1v) is 11.1. The predicted octanol–water partition coefficient (Wildman–Crippen LogP) is 4.69. The van der Waals surface area contributed by atoms with E-state index < -0.39 is 11.9 Å². The van der Waals surface area contributed by atoms with Crippen molar-refractivity contribution in [2.45, 2.75) is 20.8 Å². The van der Waals surface area contributed by atoms with Crippen LogP contribution in [0.25, 0.3) is 11.8 Å². The van der Waals surface area contributed by atoms with E-state index in [-0.39, 0.29) is 17.0 Å². The number of carbonyl (C=O) groups excluding carboxylic acids is 1. The van der Waals surface area contributed by atoms with Crippen LogP contribution in [-0.2, 0) is 4.79 Å². The summed E-state index contributed by atoms with van der Waals surface area (Å²) in [6.45, 7) is 5.64. The van der Waals surface area contributed by atoms with Gasteiger partial charge in [0.2, 0.25) is 0 Å². The van der Waals surface area contributed by atoms with E-state index in [0.29, 0.717) is 15.8 Å². The number of carbonyl (C=O) groups is 3. The van der Waals surface area contributed by atoms with E-state index in [4.69, 9.17) is 0 Å². The summed E-state index contributed by atoms with van der Waals surface area (Å²) < 4.78 is 1.77. The summed E-state index contributed by atoms with van der Waals surface area (Å²) in [6, 6.07) is 13.5. The third kappa shape index (κ3) is 4.65. The lowest BCUT2D eigenvalue weighted by Gasteiger charge is -2.12. The molecule has 172 valence electrons. The number of nitrogens with zero attached hydrogens (tertiary/aromatic N) is 2. The standard InChI is InChI=1S/C25H21N3O5S/c1-13-4-6-19(7-5-13)26-25-27-22(29)21(34-25)12-16-8-14(2)28(15(16)3)20-10-17(23(30)31)9-18(11-20)24(32)33/h4-12H,1-3H3,(H,30,31)(H,32,33)(H,26,27,29)/b21-12+. The zero-order chi connectivity index (χ0) is 24.6. The van der Waals surface area contributed by atoms with Crippen molar-refractivity contribution in [1.29, 1.82) is 0 Å². The first-order valence-electron chi connectivity index (χ1n) is 10.3. The Morgan fingerprint density at radius 3 is 2.18 bits per heavy atom. The Kier molecular flexibility index (Phi) is 6.12. The van der Waals surface area contributed by atoms with Crippen molar-refractivity contribution < 1.29 is 24.6 Å². The number of aryl methyl sites for hydroxylation is 2. The molecule has 2 aromatic carbocycles. The maximum absolute atomic E-state index is 12.5. The molecule has 1 aromatic heterocycles. The minimum atomic E-state index is -1.21. The first kappa shape index (κ1) is 23.1. The average molecular weight is 476 g/mol. The van der Waals surface area contributed by atoms with Crippen LogP contribution in [0.15, 0.2) is 58.4 Å². The number of aliphatic imine (C=N–C) groups is 1. The molecule has 0 spiro atoms. The quantitative estimate of drug-likeness (QED) is 0.460. The molecule has 1 amide bonds. The zero-order valence-electron chi connectivity index (χ0n) is 18.6. The Hall–Kier alpha value is -4.11. The molecule has 0 atom stereocenters. The Labute approximate surface area is 199 Å². The SMILES string of the molecule is Cc1ccc(N=C2NC(=O)/C(=C\c3cc(C)n(-c4cc(C(=O)O)cc(C(=O)O)c4)c3C)S2)cc1. The molecule has 2 heterocycles. The topological polar surface area (TPSA) is 121 Å². The lowest BCUT2D eigenvalue weighted by Crippen LogP contribution is -2.19. The van der Waals surface area contributed by atoms with Gasteiger partial charge < -0.3 is 20.1 Å². The summed E-state index contributed by atoms with van der Waals surface area (Å²) in [4.78, 5) is 40.5. The van der Waals surface area contributed by atoms with Gasteiger partial charge in [0.05, 0.1) is 21.7 Å². The number of aromatic nitrogens is 1. The van der Waals surface area contributed by atoms with Gasteiger partial charge in [-0.25, -0.2) is 14.6 Å². The molecule has 3 N–H and O–H groups in total. The minimum Gasteiger partial charge on any atom is -0.478 e. The molecule has 0 radical (unpaired) electrons. The molecule has 4 rings (SSSR count). The maximum Gasteiger partial charge on any atom is 0.335 e. The second-order valence-corrected chi connectivity index (χ2v) is 8.89. The number of aromatic carboxylic acids is 2. The molecule has 0 saturated carbocycles. The van der Waals surface area contributed by atoms with Gasteiger partial charge >= 0.3 is 11.9 Å². The summed E-state index contributed by atoms with van der Waals surface area (Å²) in [6.07, 6.45) is 1.75. The van der Waals surface area contributed by atoms with Gasteiger partial charge in [0.25, 0.3) is 5.91 Å². The molecule has 0 aliphatic carbocycles. The summed E-state index contributed by atoms with van der Waals surface area (Å²) >= 11 is 1.23. The Balaban J connectivity index is 1.70. The summed E-state index contributed by atoms with van der Waals surface area (Å²) in [5.74, 6) is -2.69. The Morgan fingerprint density at radius 1 is 0.971 bits per heavy atom. The van der Waals surface area contributed by atoms with Crippen LogP contribution >= 0.6 is 11.8 Å². The van der Waals surface area contributed by atoms with Gasteiger partial charge in [-0.1, -0.05) is 17.7 Å². The second-order valence-electron chi connectivity index (χ2n) is 7.86. The summed E-state index contributed by atoms with van der Waals surface area (Å²) in [5.41, 5.74) is 4.29. The molecule has 1 aliphatic rings. The van der Waals surface area contributed by atoms with Crippen molar-refractivity contribution >= 4 is 46.5 Å². The number of carboxylic acids is 2. The zero-order valence-corrected chi connectivity index (χ0v) is 19.4. The maximum atomic E-state index is 12.5. The van der Waals surface area contributed by atoms with Gasteiger partial charge in [-0.15, -0.1) is 0 Å². The summed E-state index contributed by atoms with van der Waals surface area (Å²) in [7, 11) is 0. The highest BCUT2D eigenvalue weighted by Crippen LogP contribution is 2.31. The highest BCUT2D eigenvalue weighted by Gasteiger charge is 2.25. The molecule has 8 nitrogen and oxygen atoms in total. The van der Waals surface area contributed by atoms with Crippen LogP contribution in [0, 0.1) is 20.8 Å². The van der Waals surface area contributed by atoms with E-state index in [2.05, 4.69) is 10.3 Å². The van der Waals surface area contributed by atoms with E-state index in [1.807, 2.05) is 51.1 Å². The van der Waals surface area contributed by atoms with Gasteiger partial charge in [-0.3, -0.25) is 4.79 Å². The number of amides is 1. The van der Waals surface area contributed by atoms with Crippen molar-refractivity contribution in [3.05, 3.63) is 87.1 Å². The van der Waals surface area contributed by atoms with Gasteiger partial charge in [0.1, 0.15) is 0 Å². The number of thioether (sulfide) groups is 1. The fourth-order valence-electron chi connectivity index (χ4n) is 3.68. The Morgan fingerprint density at radius 2 is 1.59 bits per heavy atom. The lowest BCUT2D eigenvalue weighted by molar-refractivity contribution is -0.115. The highest BCUT2D eigenvalue weighted by molar-refractivity contribution is 8.18. The number of hydrogen-bond donors (Lipinski definition) is 3. The number of carboxylic acid groups (broad SMARTS) is 2. The molecule has 9 heteroatoms. The van der Waals surface area contributed by atoms with Crippen molar-refractivity contribution in [3.63, 3.8) is 0 Å². The molecule has 0 bridgehead atoms. The molecule has 1 aliphatic heterocycles. The fourth-order valence-corrected chi connectivity index (χ4v) is 4.51. The second kappa shape index (κ2) is 9.03. The van der Waals surface area contributed by atoms with Crippen LogP contribution in [0.5, 0.6) is 0 Å². The van der Waals surface area contributed by atoms with E-state index >= 15 is 0 Å². The van der Waals surface area contributed by atoms with Crippen molar-refractivity contribution in [3.8, 4) is 5.69 Å². The largest absolute Gasteiger partial charge is 0.478 e. The van der Waals surface area contributed by atoms with Crippen LogP contribution in [0.4, 0.5) is 5.69 Å². The van der Waals surface area contributed by atoms with Crippen molar-refractivity contribution in [1.82, 2.24) is 9.88 Å². The van der Waals surface area contributed by atoms with Gasteiger partial charge in [0.15, 0.2) is 5.17 Å². The van der Waals surface area contributed by atoms with Crippen LogP contribution < -0.4 is 5.32 Å². The molecule has 3 aromatic rings. The number of rotatable bonds is 5. The Bertz CT molecular complexity index is 1370. The third-order valence-electron chi connectivity index (χ3n) is 5.34. The van der Waals surface area contributed by atoms with E-state index in [9.17, 15) is 24.6 Å². The minimum absolute atomic E-state index is 0.120. The molecular weight excluding hydrogens is 454 g/mol. The molecule has 1 fully saturated rings. The number of nitrogens with one attached hydrogen (secondary N) is 1. The number of hydrogen-bond acceptors (Lipinski definition) is 5. The van der Waals surface area contributed by atoms with E-state index in [0.717, 1.165) is 34.3 Å². The monoisotopic (exact) mass is 475 g/mol. The molecule has 0 unspecified atom stereocenters. The van der Waals surface area contributed by atoms with Crippen molar-refractivity contribution in [2.24, 2.45) is 4.99 Å². The molecular formula is C25H21N3O5S. The number of benzene rings is 2. The average Bonchev–Trinajstić information content (AvgIpc) is 3.27. The van der Waals surface area contributed by atoms with Crippen molar-refractivity contribution in [2.75, 3.05) is 0 Å². The lowest BCUT2D eigenvalue weighted by atomic mass is 10.1. The summed E-state index contributed by atoms with van der Waals surface area (Å²) in [5, 5.41) is 22.0. The normalized spacial score (nSPS) is 15.7. The molecule has 34 heavy (non-hydrogen) atoms. The fraction of sp³-hybridized carbons (Fsp3) is 0.120. The molecule has 1 saturated heterocycles. The van der Waals surface area contributed by atoms with Crippen LogP contribution in [0.3, 0.4) is 0 Å².